The van der Waals surface area contributed by atoms with Crippen molar-refractivity contribution in [2.45, 2.75) is 6.92 Å². The van der Waals surface area contributed by atoms with Crippen LogP contribution in [-0.2, 0) is 0 Å². The van der Waals surface area contributed by atoms with Gasteiger partial charge in [0.1, 0.15) is 11.5 Å². The van der Waals surface area contributed by atoms with Crippen molar-refractivity contribution in [3.8, 4) is 11.5 Å². The summed E-state index contributed by atoms with van der Waals surface area (Å²) < 4.78 is 6.37. The number of hydrogen-bond donors (Lipinski definition) is 0. The van der Waals surface area contributed by atoms with Gasteiger partial charge >= 0.3 is 0 Å². The number of nitrogens with zero attached hydrogens (tertiary/aromatic N) is 1. The minimum absolute atomic E-state index is 0.0265. The molecule has 1 aromatic heterocycles. The van der Waals surface area contributed by atoms with E-state index in [1.165, 1.54) is 6.92 Å². The molecule has 0 radical (unpaired) electrons. The number of ketones is 1. The lowest BCUT2D eigenvalue weighted by atomic mass is 10.1. The Kier molecular flexibility index (Phi) is 3.54. The van der Waals surface area contributed by atoms with Crippen molar-refractivity contribution in [2.75, 3.05) is 0 Å². The lowest BCUT2D eigenvalue weighted by Gasteiger charge is -2.07. The zero-order valence-corrected chi connectivity index (χ0v) is 10.8. The van der Waals surface area contributed by atoms with Crippen LogP contribution in [0.15, 0.2) is 47.2 Å². The highest BCUT2D eigenvalue weighted by Gasteiger charge is 2.06. The fourth-order valence-corrected chi connectivity index (χ4v) is 1.80. The fraction of sp³-hybridized carbons (Fsp3) is 0.0769. The van der Waals surface area contributed by atoms with Crippen molar-refractivity contribution in [1.29, 1.82) is 0 Å². The summed E-state index contributed by atoms with van der Waals surface area (Å²) >= 11 is 3.38. The second-order valence-electron chi connectivity index (χ2n) is 3.49. The van der Waals surface area contributed by atoms with Crippen molar-refractivity contribution in [1.82, 2.24) is 4.98 Å². The lowest BCUT2D eigenvalue weighted by Crippen LogP contribution is -1.93. The second kappa shape index (κ2) is 5.10. The molecule has 0 spiro atoms. The number of benzene rings is 1. The third-order valence-electron chi connectivity index (χ3n) is 2.20. The number of hydrogen-bond acceptors (Lipinski definition) is 3. The average molecular weight is 292 g/mol. The molecule has 17 heavy (non-hydrogen) atoms. The molecule has 1 heterocycles. The molecule has 0 saturated carbocycles. The van der Waals surface area contributed by atoms with Crippen molar-refractivity contribution in [3.05, 3.63) is 52.8 Å². The molecule has 0 aliphatic carbocycles. The van der Waals surface area contributed by atoms with Gasteiger partial charge in [-0.15, -0.1) is 0 Å². The number of rotatable bonds is 3. The molecule has 0 fully saturated rings. The number of carbonyl (C=O) groups excluding carboxylic acids is 1. The number of ether oxygens (including phenoxy) is 1. The summed E-state index contributed by atoms with van der Waals surface area (Å²) in [5.74, 6) is 1.34. The third-order valence-corrected chi connectivity index (χ3v) is 2.82. The van der Waals surface area contributed by atoms with E-state index < -0.39 is 0 Å². The largest absolute Gasteiger partial charge is 0.455 e. The second-order valence-corrected chi connectivity index (χ2v) is 4.35. The van der Waals surface area contributed by atoms with Crippen LogP contribution in [0.5, 0.6) is 11.5 Å². The summed E-state index contributed by atoms with van der Waals surface area (Å²) in [5, 5.41) is 0. The lowest BCUT2D eigenvalue weighted by molar-refractivity contribution is 0.101. The van der Waals surface area contributed by atoms with Crippen LogP contribution in [0, 0.1) is 0 Å². The van der Waals surface area contributed by atoms with E-state index in [-0.39, 0.29) is 5.78 Å². The average Bonchev–Trinajstić information content (AvgIpc) is 2.33. The Bertz CT molecular complexity index is 540. The SMILES string of the molecule is CC(=O)c1ccc(Oc2cccnc2)c(Br)c1. The number of pyridine rings is 1. The summed E-state index contributed by atoms with van der Waals surface area (Å²) in [4.78, 5) is 15.2. The van der Waals surface area contributed by atoms with Crippen molar-refractivity contribution < 1.29 is 9.53 Å². The van der Waals surface area contributed by atoms with E-state index in [1.54, 1.807) is 36.7 Å². The molecular formula is C13H10BrNO2. The van der Waals surface area contributed by atoms with Crippen LogP contribution in [0.1, 0.15) is 17.3 Å². The first kappa shape index (κ1) is 11.8. The Morgan fingerprint density at radius 1 is 1.35 bits per heavy atom. The number of carbonyl (C=O) groups is 1. The molecule has 0 N–H and O–H groups in total. The molecule has 0 unspecified atom stereocenters. The molecule has 0 saturated heterocycles. The van der Waals surface area contributed by atoms with E-state index in [0.29, 0.717) is 17.1 Å². The van der Waals surface area contributed by atoms with Gasteiger partial charge in [0, 0.05) is 11.8 Å². The first-order chi connectivity index (χ1) is 8.16. The van der Waals surface area contributed by atoms with E-state index in [2.05, 4.69) is 20.9 Å². The van der Waals surface area contributed by atoms with Crippen LogP contribution >= 0.6 is 15.9 Å². The van der Waals surface area contributed by atoms with Gasteiger partial charge in [0.2, 0.25) is 0 Å². The van der Waals surface area contributed by atoms with Gasteiger partial charge in [-0.25, -0.2) is 0 Å². The highest BCUT2D eigenvalue weighted by atomic mass is 79.9. The summed E-state index contributed by atoms with van der Waals surface area (Å²) in [6, 6.07) is 8.85. The quantitative estimate of drug-likeness (QED) is 0.807. The van der Waals surface area contributed by atoms with Gasteiger partial charge in [-0.3, -0.25) is 9.78 Å². The predicted octanol–water partition coefficient (Wildman–Crippen LogP) is 3.84. The maximum absolute atomic E-state index is 11.2. The predicted molar refractivity (Wildman–Crippen MR) is 68.5 cm³/mol. The van der Waals surface area contributed by atoms with E-state index in [0.717, 1.165) is 4.47 Å². The monoisotopic (exact) mass is 291 g/mol. The molecule has 0 aliphatic rings. The van der Waals surface area contributed by atoms with Crippen molar-refractivity contribution in [2.24, 2.45) is 0 Å². The smallest absolute Gasteiger partial charge is 0.159 e. The molecule has 0 amide bonds. The zero-order valence-electron chi connectivity index (χ0n) is 9.18. The van der Waals surface area contributed by atoms with Gasteiger partial charge in [-0.2, -0.15) is 0 Å². The normalized spacial score (nSPS) is 10.0. The van der Waals surface area contributed by atoms with Crippen LogP contribution < -0.4 is 4.74 Å². The number of Topliss-reactive ketones (excluding diaryl/α,β-unsaturated/α-hetero) is 1. The Labute approximate surface area is 108 Å². The van der Waals surface area contributed by atoms with E-state index in [9.17, 15) is 4.79 Å². The minimum Gasteiger partial charge on any atom is -0.455 e. The summed E-state index contributed by atoms with van der Waals surface area (Å²) in [6.45, 7) is 1.53. The number of halogens is 1. The van der Waals surface area contributed by atoms with Gasteiger partial charge in [0.05, 0.1) is 10.7 Å². The Hall–Kier alpha value is -1.68. The Morgan fingerprint density at radius 2 is 2.18 bits per heavy atom. The Balaban J connectivity index is 2.26. The van der Waals surface area contributed by atoms with E-state index in [1.807, 2.05) is 6.07 Å². The fourth-order valence-electron chi connectivity index (χ4n) is 1.34. The molecule has 2 rings (SSSR count). The highest BCUT2D eigenvalue weighted by Crippen LogP contribution is 2.30. The van der Waals surface area contributed by atoms with Crippen LogP contribution in [0.4, 0.5) is 0 Å². The van der Waals surface area contributed by atoms with Crippen LogP contribution in [0.3, 0.4) is 0 Å². The molecular weight excluding hydrogens is 282 g/mol. The van der Waals surface area contributed by atoms with Crippen LogP contribution in [0.25, 0.3) is 0 Å². The first-order valence-corrected chi connectivity index (χ1v) is 5.84. The Morgan fingerprint density at radius 3 is 2.76 bits per heavy atom. The molecule has 86 valence electrons. The van der Waals surface area contributed by atoms with Crippen LogP contribution in [0.2, 0.25) is 0 Å². The summed E-state index contributed by atoms with van der Waals surface area (Å²) in [7, 11) is 0. The van der Waals surface area contributed by atoms with Crippen LogP contribution in [-0.4, -0.2) is 10.8 Å². The van der Waals surface area contributed by atoms with Gasteiger partial charge in [-0.05, 0) is 53.2 Å². The van der Waals surface area contributed by atoms with Gasteiger partial charge in [0.25, 0.3) is 0 Å². The van der Waals surface area contributed by atoms with Crippen molar-refractivity contribution in [3.63, 3.8) is 0 Å². The summed E-state index contributed by atoms with van der Waals surface area (Å²) in [5.41, 5.74) is 0.649. The third kappa shape index (κ3) is 2.91. The molecule has 3 nitrogen and oxygen atoms in total. The molecule has 0 bridgehead atoms. The molecule has 0 aliphatic heterocycles. The molecule has 1 aromatic carbocycles. The zero-order chi connectivity index (χ0) is 12.3. The first-order valence-electron chi connectivity index (χ1n) is 5.05. The molecule has 4 heteroatoms. The maximum Gasteiger partial charge on any atom is 0.159 e. The van der Waals surface area contributed by atoms with Gasteiger partial charge in [-0.1, -0.05) is 0 Å². The maximum atomic E-state index is 11.2. The van der Waals surface area contributed by atoms with E-state index in [4.69, 9.17) is 4.74 Å². The standard InChI is InChI=1S/C13H10BrNO2/c1-9(16)10-4-5-13(12(14)7-10)17-11-3-2-6-15-8-11/h2-8H,1H3. The van der Waals surface area contributed by atoms with Gasteiger partial charge in [0.15, 0.2) is 5.78 Å². The van der Waals surface area contributed by atoms with E-state index >= 15 is 0 Å². The van der Waals surface area contributed by atoms with Gasteiger partial charge < -0.3 is 4.74 Å². The highest BCUT2D eigenvalue weighted by molar-refractivity contribution is 9.10. The number of aromatic nitrogens is 1. The molecule has 2 aromatic rings. The van der Waals surface area contributed by atoms with Crippen molar-refractivity contribution >= 4 is 21.7 Å². The molecule has 0 atom stereocenters. The summed E-state index contributed by atoms with van der Waals surface area (Å²) in [6.07, 6.45) is 3.31. The topological polar surface area (TPSA) is 39.2 Å². The minimum atomic E-state index is 0.0265.